The fraction of sp³-hybridized carbons (Fsp3) is 0.700. The van der Waals surface area contributed by atoms with Gasteiger partial charge in [-0.15, -0.1) is 0 Å². The summed E-state index contributed by atoms with van der Waals surface area (Å²) in [6.45, 7) is 3.40. The SMILES string of the molecule is C[C@]12CC(O)[C@@]3(F)[C@@H](CCC4=CC(=O)C=C[C@@]43C)[C@@H]1CCC2(O)C(=O)O. The Bertz CT molecular complexity index is 759. The zero-order chi connectivity index (χ0) is 19.1. The molecule has 4 rings (SSSR count). The lowest BCUT2D eigenvalue weighted by molar-refractivity contribution is -0.222. The average molecular weight is 364 g/mol. The molecule has 5 nitrogen and oxygen atoms in total. The highest BCUT2D eigenvalue weighted by atomic mass is 19.1. The largest absolute Gasteiger partial charge is 0.479 e. The number of aliphatic hydroxyl groups is 2. The molecule has 3 saturated carbocycles. The van der Waals surface area contributed by atoms with Gasteiger partial charge in [-0.2, -0.15) is 0 Å². The Morgan fingerprint density at radius 3 is 2.62 bits per heavy atom. The van der Waals surface area contributed by atoms with Crippen LogP contribution >= 0.6 is 0 Å². The standard InChI is InChI=1S/C20H25FO5/c1-17-7-5-12(22)9-11(17)3-4-14-13-6-8-19(26,16(24)25)18(13,2)10-15(23)20(14,17)21/h5,7,9,13-15,23,26H,3-4,6,8,10H2,1-2H3,(H,24,25)/t13-,14-,15?,17-,18-,19?,20-/m0/s1. The van der Waals surface area contributed by atoms with E-state index >= 15 is 4.39 Å². The molecule has 0 aromatic heterocycles. The van der Waals surface area contributed by atoms with Gasteiger partial charge in [0, 0.05) is 16.7 Å². The number of carboxylic acid groups (broad SMARTS) is 1. The molecule has 3 fully saturated rings. The van der Waals surface area contributed by atoms with Crippen molar-refractivity contribution in [3.8, 4) is 0 Å². The van der Waals surface area contributed by atoms with Crippen LogP contribution in [-0.2, 0) is 9.59 Å². The molecule has 4 aliphatic rings. The van der Waals surface area contributed by atoms with Gasteiger partial charge in [0.1, 0.15) is 0 Å². The normalized spacial score (nSPS) is 52.7. The molecule has 26 heavy (non-hydrogen) atoms. The summed E-state index contributed by atoms with van der Waals surface area (Å²) < 4.78 is 16.6. The first-order chi connectivity index (χ1) is 12.0. The summed E-state index contributed by atoms with van der Waals surface area (Å²) >= 11 is 0. The lowest BCUT2D eigenvalue weighted by atomic mass is 9.45. The Balaban J connectivity index is 1.83. The number of halogens is 1. The zero-order valence-electron chi connectivity index (χ0n) is 15.0. The van der Waals surface area contributed by atoms with E-state index in [1.165, 1.54) is 12.2 Å². The first kappa shape index (κ1) is 17.9. The third-order valence-corrected chi connectivity index (χ3v) is 8.15. The van der Waals surface area contributed by atoms with E-state index in [9.17, 15) is 24.9 Å². The minimum Gasteiger partial charge on any atom is -0.479 e. The Morgan fingerprint density at radius 2 is 1.96 bits per heavy atom. The lowest BCUT2D eigenvalue weighted by Crippen LogP contribution is -2.69. The van der Waals surface area contributed by atoms with Gasteiger partial charge < -0.3 is 15.3 Å². The molecule has 142 valence electrons. The van der Waals surface area contributed by atoms with Crippen molar-refractivity contribution in [2.24, 2.45) is 22.7 Å². The smallest absolute Gasteiger partial charge is 0.336 e. The van der Waals surface area contributed by atoms with Gasteiger partial charge in [-0.3, -0.25) is 4.79 Å². The highest BCUT2D eigenvalue weighted by molar-refractivity contribution is 6.01. The predicted octanol–water partition coefficient (Wildman–Crippen LogP) is 2.17. The van der Waals surface area contributed by atoms with Crippen molar-refractivity contribution in [1.82, 2.24) is 0 Å². The predicted molar refractivity (Wildman–Crippen MR) is 90.9 cm³/mol. The van der Waals surface area contributed by atoms with Crippen molar-refractivity contribution in [2.75, 3.05) is 0 Å². The molecule has 0 bridgehead atoms. The number of rotatable bonds is 1. The quantitative estimate of drug-likeness (QED) is 0.663. The fourth-order valence-corrected chi connectivity index (χ4v) is 6.57. The Hall–Kier alpha value is -1.53. The molecular weight excluding hydrogens is 339 g/mol. The second-order valence-electron chi connectivity index (χ2n) is 8.97. The molecule has 0 aliphatic heterocycles. The van der Waals surface area contributed by atoms with Crippen molar-refractivity contribution in [3.05, 3.63) is 23.8 Å². The van der Waals surface area contributed by atoms with Crippen LogP contribution in [0.5, 0.6) is 0 Å². The summed E-state index contributed by atoms with van der Waals surface area (Å²) in [5.74, 6) is -2.37. The first-order valence-electron chi connectivity index (χ1n) is 9.28. The zero-order valence-corrected chi connectivity index (χ0v) is 15.0. The molecule has 0 amide bonds. The molecule has 4 aliphatic carbocycles. The molecule has 0 saturated heterocycles. The Morgan fingerprint density at radius 1 is 1.27 bits per heavy atom. The fourth-order valence-electron chi connectivity index (χ4n) is 6.57. The number of carbonyl (C=O) groups excluding carboxylic acids is 1. The van der Waals surface area contributed by atoms with Crippen molar-refractivity contribution >= 4 is 11.8 Å². The molecule has 0 aromatic carbocycles. The number of alkyl halides is 1. The van der Waals surface area contributed by atoms with Crippen molar-refractivity contribution in [3.63, 3.8) is 0 Å². The molecule has 0 aromatic rings. The maximum atomic E-state index is 16.6. The highest BCUT2D eigenvalue weighted by Gasteiger charge is 2.74. The molecule has 6 heteroatoms. The number of hydrogen-bond donors (Lipinski definition) is 3. The summed E-state index contributed by atoms with van der Waals surface area (Å²) in [4.78, 5) is 23.5. The minimum atomic E-state index is -1.98. The van der Waals surface area contributed by atoms with E-state index in [1.807, 2.05) is 0 Å². The molecule has 2 unspecified atom stereocenters. The van der Waals surface area contributed by atoms with Crippen LogP contribution in [-0.4, -0.2) is 44.4 Å². The van der Waals surface area contributed by atoms with Crippen LogP contribution in [0, 0.1) is 22.7 Å². The van der Waals surface area contributed by atoms with E-state index in [0.717, 1.165) is 0 Å². The second kappa shape index (κ2) is 5.04. The van der Waals surface area contributed by atoms with E-state index in [2.05, 4.69) is 0 Å². The number of ketones is 1. The van der Waals surface area contributed by atoms with Gasteiger partial charge in [0.05, 0.1) is 6.10 Å². The van der Waals surface area contributed by atoms with Crippen LogP contribution in [0.15, 0.2) is 23.8 Å². The monoisotopic (exact) mass is 364 g/mol. The molecular formula is C20H25FO5. The summed E-state index contributed by atoms with van der Waals surface area (Å²) in [5.41, 5.74) is -5.41. The third-order valence-electron chi connectivity index (χ3n) is 8.15. The van der Waals surface area contributed by atoms with E-state index < -0.39 is 40.1 Å². The third kappa shape index (κ3) is 1.77. The van der Waals surface area contributed by atoms with Gasteiger partial charge in [0.15, 0.2) is 17.1 Å². The minimum absolute atomic E-state index is 0.0660. The first-order valence-corrected chi connectivity index (χ1v) is 9.28. The van der Waals surface area contributed by atoms with Gasteiger partial charge >= 0.3 is 5.97 Å². The van der Waals surface area contributed by atoms with Crippen molar-refractivity contribution < 1.29 is 29.3 Å². The average Bonchev–Trinajstić information content (AvgIpc) is 2.83. The topological polar surface area (TPSA) is 94.8 Å². The number of carboxylic acids is 1. The van der Waals surface area contributed by atoms with Gasteiger partial charge in [-0.1, -0.05) is 18.6 Å². The van der Waals surface area contributed by atoms with E-state index in [0.29, 0.717) is 24.8 Å². The van der Waals surface area contributed by atoms with E-state index in [4.69, 9.17) is 0 Å². The maximum Gasteiger partial charge on any atom is 0.336 e. The van der Waals surface area contributed by atoms with Crippen LogP contribution < -0.4 is 0 Å². The number of aliphatic carboxylic acids is 1. The number of carbonyl (C=O) groups is 2. The van der Waals surface area contributed by atoms with E-state index in [1.54, 1.807) is 19.9 Å². The molecule has 0 heterocycles. The molecule has 3 N–H and O–H groups in total. The second-order valence-corrected chi connectivity index (χ2v) is 8.97. The Labute approximate surface area is 151 Å². The molecule has 7 atom stereocenters. The van der Waals surface area contributed by atoms with Crippen LogP contribution in [0.1, 0.15) is 46.0 Å². The van der Waals surface area contributed by atoms with Crippen LogP contribution in [0.2, 0.25) is 0 Å². The van der Waals surface area contributed by atoms with E-state index in [-0.39, 0.29) is 24.5 Å². The lowest BCUT2D eigenvalue weighted by Gasteiger charge is -2.62. The number of aliphatic hydroxyl groups excluding tert-OH is 1. The van der Waals surface area contributed by atoms with Crippen LogP contribution in [0.4, 0.5) is 4.39 Å². The van der Waals surface area contributed by atoms with Gasteiger partial charge in [-0.25, -0.2) is 9.18 Å². The van der Waals surface area contributed by atoms with Crippen molar-refractivity contribution in [2.45, 2.75) is 63.3 Å². The van der Waals surface area contributed by atoms with Gasteiger partial charge in [0.25, 0.3) is 0 Å². The summed E-state index contributed by atoms with van der Waals surface area (Å²) in [5, 5.41) is 31.4. The van der Waals surface area contributed by atoms with Crippen LogP contribution in [0.3, 0.4) is 0 Å². The summed E-state index contributed by atoms with van der Waals surface area (Å²) in [7, 11) is 0. The van der Waals surface area contributed by atoms with Crippen molar-refractivity contribution in [1.29, 1.82) is 0 Å². The van der Waals surface area contributed by atoms with Crippen LogP contribution in [0.25, 0.3) is 0 Å². The number of allylic oxidation sites excluding steroid dienone is 4. The summed E-state index contributed by atoms with van der Waals surface area (Å²) in [6, 6.07) is 0. The maximum absolute atomic E-state index is 16.6. The number of hydrogen-bond acceptors (Lipinski definition) is 4. The summed E-state index contributed by atoms with van der Waals surface area (Å²) in [6.07, 6.45) is 4.33. The molecule has 0 spiro atoms. The number of fused-ring (bicyclic) bond motifs is 5. The molecule has 0 radical (unpaired) electrons. The van der Waals surface area contributed by atoms with Gasteiger partial charge in [-0.05, 0) is 57.1 Å². The van der Waals surface area contributed by atoms with Gasteiger partial charge in [0.2, 0.25) is 0 Å². The highest BCUT2D eigenvalue weighted by Crippen LogP contribution is 2.69. The Kier molecular flexibility index (Phi) is 3.47.